The number of para-hydroxylation sites is 2. The van der Waals surface area contributed by atoms with Crippen LogP contribution in [0.25, 0.3) is 6.08 Å². The molecule has 0 radical (unpaired) electrons. The molecule has 4 aromatic carbocycles. The van der Waals surface area contributed by atoms with Gasteiger partial charge in [0.15, 0.2) is 4.80 Å². The molecule has 5 aromatic rings. The molecule has 1 atom stereocenters. The number of thiazole rings is 1. The first-order valence-corrected chi connectivity index (χ1v) is 14.6. The van der Waals surface area contributed by atoms with Crippen LogP contribution in [-0.4, -0.2) is 10.5 Å². The van der Waals surface area contributed by atoms with Gasteiger partial charge >= 0.3 is 0 Å². The van der Waals surface area contributed by atoms with Gasteiger partial charge in [0.2, 0.25) is 0 Å². The molecule has 0 unspecified atom stereocenters. The van der Waals surface area contributed by atoms with Gasteiger partial charge in [0.25, 0.3) is 11.5 Å². The molecular weight excluding hydrogens is 566 g/mol. The van der Waals surface area contributed by atoms with E-state index in [4.69, 9.17) is 21.3 Å². The first-order chi connectivity index (χ1) is 20.5. The number of allylic oxidation sites excluding steroid dienone is 1. The van der Waals surface area contributed by atoms with Crippen LogP contribution in [0.2, 0.25) is 5.02 Å². The molecule has 1 aliphatic heterocycles. The van der Waals surface area contributed by atoms with Gasteiger partial charge in [-0.25, -0.2) is 4.99 Å². The Hall–Kier alpha value is -4.72. The smallest absolute Gasteiger partial charge is 0.271 e. The van der Waals surface area contributed by atoms with Crippen LogP contribution < -0.4 is 24.9 Å². The molecule has 0 spiro atoms. The number of amides is 1. The summed E-state index contributed by atoms with van der Waals surface area (Å²) in [6, 6.07) is 33.3. The number of carbonyl (C=O) groups excluding carboxylic acids is 1. The molecule has 1 amide bonds. The van der Waals surface area contributed by atoms with Crippen molar-refractivity contribution in [2.24, 2.45) is 4.99 Å². The van der Waals surface area contributed by atoms with E-state index >= 15 is 0 Å². The number of anilines is 1. The van der Waals surface area contributed by atoms with Gasteiger partial charge in [-0.1, -0.05) is 102 Å². The summed E-state index contributed by atoms with van der Waals surface area (Å²) in [5.74, 6) is 0.340. The molecule has 0 fully saturated rings. The summed E-state index contributed by atoms with van der Waals surface area (Å²) in [6.45, 7) is 2.14. The van der Waals surface area contributed by atoms with Crippen LogP contribution in [0.1, 0.15) is 29.7 Å². The number of aromatic nitrogens is 1. The molecule has 6 rings (SSSR count). The third-order valence-electron chi connectivity index (χ3n) is 6.90. The van der Waals surface area contributed by atoms with Gasteiger partial charge in [-0.15, -0.1) is 0 Å². The summed E-state index contributed by atoms with van der Waals surface area (Å²) in [5.41, 5.74) is 3.96. The minimum atomic E-state index is -0.636. The number of nitrogens with zero attached hydrogens (tertiary/aromatic N) is 2. The zero-order valence-corrected chi connectivity index (χ0v) is 24.2. The van der Waals surface area contributed by atoms with Crippen molar-refractivity contribution in [1.82, 2.24) is 4.57 Å². The number of nitrogens with one attached hydrogen (secondary N) is 1. The molecule has 1 N–H and O–H groups in total. The molecule has 0 saturated carbocycles. The summed E-state index contributed by atoms with van der Waals surface area (Å²) < 4.78 is 8.24. The van der Waals surface area contributed by atoms with E-state index in [1.54, 1.807) is 4.57 Å². The molecule has 1 aromatic heterocycles. The van der Waals surface area contributed by atoms with Crippen LogP contribution in [0.15, 0.2) is 130 Å². The van der Waals surface area contributed by atoms with Crippen LogP contribution in [0.3, 0.4) is 0 Å². The SMILES string of the molecule is CC1=C(C(=O)Nc2ccccc2)[C@@H](c2ccccc2)n2c(s/c(=C\c3ccccc3OCc3cccc(Cl)c3)c2=O)=N1. The number of fused-ring (bicyclic) bond motifs is 1. The van der Waals surface area contributed by atoms with Gasteiger partial charge in [-0.3, -0.25) is 14.2 Å². The van der Waals surface area contributed by atoms with Gasteiger partial charge in [0, 0.05) is 16.3 Å². The average Bonchev–Trinajstić information content (AvgIpc) is 3.30. The fourth-order valence-corrected chi connectivity index (χ4v) is 6.19. The molecule has 208 valence electrons. The predicted octanol–water partition coefficient (Wildman–Crippen LogP) is 6.11. The van der Waals surface area contributed by atoms with E-state index in [1.165, 1.54) is 11.3 Å². The summed E-state index contributed by atoms with van der Waals surface area (Å²) in [7, 11) is 0. The molecule has 0 saturated heterocycles. The van der Waals surface area contributed by atoms with Crippen molar-refractivity contribution in [2.45, 2.75) is 19.6 Å². The van der Waals surface area contributed by atoms with Crippen molar-refractivity contribution in [2.75, 3.05) is 5.32 Å². The van der Waals surface area contributed by atoms with Crippen molar-refractivity contribution in [3.63, 3.8) is 0 Å². The Labute approximate surface area is 251 Å². The summed E-state index contributed by atoms with van der Waals surface area (Å²) >= 11 is 7.43. The normalized spacial score (nSPS) is 14.7. The van der Waals surface area contributed by atoms with E-state index in [0.717, 1.165) is 16.7 Å². The van der Waals surface area contributed by atoms with E-state index in [0.29, 0.717) is 43.7 Å². The van der Waals surface area contributed by atoms with Crippen molar-refractivity contribution in [1.29, 1.82) is 0 Å². The van der Waals surface area contributed by atoms with E-state index < -0.39 is 6.04 Å². The molecule has 0 bridgehead atoms. The maximum atomic E-state index is 14.0. The first-order valence-electron chi connectivity index (χ1n) is 13.4. The fourth-order valence-electron chi connectivity index (χ4n) is 4.94. The predicted molar refractivity (Wildman–Crippen MR) is 168 cm³/mol. The van der Waals surface area contributed by atoms with Crippen LogP contribution in [0, 0.1) is 0 Å². The van der Waals surface area contributed by atoms with Crippen LogP contribution in [0.4, 0.5) is 5.69 Å². The Morgan fingerprint density at radius 2 is 1.69 bits per heavy atom. The summed E-state index contributed by atoms with van der Waals surface area (Å²) in [4.78, 5) is 33.0. The number of hydrogen-bond acceptors (Lipinski definition) is 5. The van der Waals surface area contributed by atoms with Crippen LogP contribution in [0.5, 0.6) is 5.75 Å². The largest absolute Gasteiger partial charge is 0.488 e. The zero-order valence-electron chi connectivity index (χ0n) is 22.7. The molecule has 2 heterocycles. The Kier molecular flexibility index (Phi) is 7.86. The van der Waals surface area contributed by atoms with E-state index in [-0.39, 0.29) is 11.5 Å². The van der Waals surface area contributed by atoms with Gasteiger partial charge in [0.05, 0.1) is 21.8 Å². The number of rotatable bonds is 7. The van der Waals surface area contributed by atoms with E-state index in [2.05, 4.69) is 5.32 Å². The summed E-state index contributed by atoms with van der Waals surface area (Å²) in [6.07, 6.45) is 1.82. The lowest BCUT2D eigenvalue weighted by Gasteiger charge is -2.25. The van der Waals surface area contributed by atoms with Crippen LogP contribution >= 0.6 is 22.9 Å². The second-order valence-electron chi connectivity index (χ2n) is 9.77. The van der Waals surface area contributed by atoms with E-state index in [1.807, 2.05) is 122 Å². The number of benzene rings is 4. The lowest BCUT2D eigenvalue weighted by Crippen LogP contribution is -2.40. The maximum absolute atomic E-state index is 14.0. The van der Waals surface area contributed by atoms with Crippen molar-refractivity contribution in [3.8, 4) is 5.75 Å². The van der Waals surface area contributed by atoms with Gasteiger partial charge in [0.1, 0.15) is 12.4 Å². The molecule has 42 heavy (non-hydrogen) atoms. The molecule has 1 aliphatic rings. The highest BCUT2D eigenvalue weighted by Crippen LogP contribution is 2.30. The van der Waals surface area contributed by atoms with Crippen molar-refractivity contribution in [3.05, 3.63) is 162 Å². The third kappa shape index (κ3) is 5.70. The Balaban J connectivity index is 1.41. The molecule has 8 heteroatoms. The zero-order chi connectivity index (χ0) is 29.1. The topological polar surface area (TPSA) is 72.7 Å². The minimum absolute atomic E-state index is 0.227. The lowest BCUT2D eigenvalue weighted by atomic mass is 9.95. The maximum Gasteiger partial charge on any atom is 0.271 e. The van der Waals surface area contributed by atoms with Crippen molar-refractivity contribution >= 4 is 40.6 Å². The number of halogens is 1. The standard InChI is InChI=1S/C34H26ClN3O3S/c1-22-30(32(39)37-27-16-6-3-7-17-27)31(24-12-4-2-5-13-24)38-33(40)29(42-34(38)36-22)20-25-14-8-9-18-28(25)41-21-23-11-10-15-26(35)19-23/h2-20,31H,21H2,1H3,(H,37,39)/b29-20-/t31-/m1/s1. The van der Waals surface area contributed by atoms with Gasteiger partial charge < -0.3 is 10.1 Å². The second-order valence-corrected chi connectivity index (χ2v) is 11.2. The Morgan fingerprint density at radius 3 is 2.45 bits per heavy atom. The molecule has 6 nitrogen and oxygen atoms in total. The highest BCUT2D eigenvalue weighted by atomic mass is 35.5. The Morgan fingerprint density at radius 1 is 0.976 bits per heavy atom. The van der Waals surface area contributed by atoms with Crippen LogP contribution in [-0.2, 0) is 11.4 Å². The average molecular weight is 592 g/mol. The molecular formula is C34H26ClN3O3S. The Bertz CT molecular complexity index is 1980. The van der Waals surface area contributed by atoms with Gasteiger partial charge in [-0.2, -0.15) is 0 Å². The third-order valence-corrected chi connectivity index (χ3v) is 8.12. The summed E-state index contributed by atoms with van der Waals surface area (Å²) in [5, 5.41) is 3.62. The van der Waals surface area contributed by atoms with Crippen molar-refractivity contribution < 1.29 is 9.53 Å². The second kappa shape index (κ2) is 12.0. The molecule has 0 aliphatic carbocycles. The number of ether oxygens (including phenoxy) is 1. The quantitative estimate of drug-likeness (QED) is 0.248. The first kappa shape index (κ1) is 27.4. The van der Waals surface area contributed by atoms with Gasteiger partial charge in [-0.05, 0) is 54.5 Å². The highest BCUT2D eigenvalue weighted by Gasteiger charge is 2.32. The fraction of sp³-hybridized carbons (Fsp3) is 0.0882. The minimum Gasteiger partial charge on any atom is -0.488 e. The monoisotopic (exact) mass is 591 g/mol. The highest BCUT2D eigenvalue weighted by molar-refractivity contribution is 7.07. The lowest BCUT2D eigenvalue weighted by molar-refractivity contribution is -0.113. The van der Waals surface area contributed by atoms with E-state index in [9.17, 15) is 9.59 Å². The number of carbonyl (C=O) groups is 1. The number of hydrogen-bond donors (Lipinski definition) is 1.